The van der Waals surface area contributed by atoms with Crippen LogP contribution in [0, 0.1) is 10.1 Å². The Morgan fingerprint density at radius 2 is 2.29 bits per heavy atom. The molecule has 0 aliphatic carbocycles. The Hall–Kier alpha value is -1.27. The minimum Gasteiger partial charge on any atom is -0.481 e. The van der Waals surface area contributed by atoms with Gasteiger partial charge in [0.15, 0.2) is 0 Å². The maximum atomic E-state index is 10.5. The standard InChI is InChI=1S/C10H10ClNO4S/c1-6(4-10(13)14)17-9-3-2-7(12(15)16)5-8(9)11/h2-3,5-6H,4H2,1H3,(H,13,14). The van der Waals surface area contributed by atoms with Crippen LogP contribution in [0.1, 0.15) is 13.3 Å². The minimum absolute atomic E-state index is 0.0119. The fourth-order valence-electron chi connectivity index (χ4n) is 1.20. The van der Waals surface area contributed by atoms with Crippen molar-refractivity contribution in [3.63, 3.8) is 0 Å². The summed E-state index contributed by atoms with van der Waals surface area (Å²) < 4.78 is 0. The van der Waals surface area contributed by atoms with Gasteiger partial charge in [-0.15, -0.1) is 11.8 Å². The molecule has 17 heavy (non-hydrogen) atoms. The van der Waals surface area contributed by atoms with E-state index >= 15 is 0 Å². The second-order valence-electron chi connectivity index (χ2n) is 3.40. The lowest BCUT2D eigenvalue weighted by Gasteiger charge is -2.09. The Labute approximate surface area is 107 Å². The van der Waals surface area contributed by atoms with Crippen molar-refractivity contribution >= 4 is 35.0 Å². The Balaban J connectivity index is 2.79. The number of nitrogens with zero attached hydrogens (tertiary/aromatic N) is 1. The topological polar surface area (TPSA) is 80.4 Å². The summed E-state index contributed by atoms with van der Waals surface area (Å²) >= 11 is 7.16. The van der Waals surface area contributed by atoms with Crippen molar-refractivity contribution < 1.29 is 14.8 Å². The van der Waals surface area contributed by atoms with Crippen LogP contribution < -0.4 is 0 Å². The van der Waals surface area contributed by atoms with Gasteiger partial charge in [-0.2, -0.15) is 0 Å². The number of aliphatic carboxylic acids is 1. The van der Waals surface area contributed by atoms with Crippen molar-refractivity contribution in [3.05, 3.63) is 33.3 Å². The number of carboxylic acids is 1. The number of carbonyl (C=O) groups is 1. The molecule has 0 radical (unpaired) electrons. The summed E-state index contributed by atoms with van der Waals surface area (Å²) in [4.78, 5) is 21.1. The molecule has 1 rings (SSSR count). The molecule has 1 unspecified atom stereocenters. The first-order valence-corrected chi connectivity index (χ1v) is 5.98. The van der Waals surface area contributed by atoms with Crippen LogP contribution in [0.5, 0.6) is 0 Å². The van der Waals surface area contributed by atoms with Gasteiger partial charge >= 0.3 is 5.97 Å². The largest absolute Gasteiger partial charge is 0.481 e. The molecule has 1 atom stereocenters. The van der Waals surface area contributed by atoms with E-state index in [1.54, 1.807) is 6.92 Å². The molecule has 0 spiro atoms. The average molecular weight is 276 g/mol. The van der Waals surface area contributed by atoms with Gasteiger partial charge in [-0.05, 0) is 6.07 Å². The van der Waals surface area contributed by atoms with E-state index in [4.69, 9.17) is 16.7 Å². The Morgan fingerprint density at radius 3 is 2.76 bits per heavy atom. The summed E-state index contributed by atoms with van der Waals surface area (Å²) in [5, 5.41) is 19.2. The van der Waals surface area contributed by atoms with Crippen LogP contribution in [0.15, 0.2) is 23.1 Å². The molecule has 92 valence electrons. The van der Waals surface area contributed by atoms with Gasteiger partial charge in [0.05, 0.1) is 16.4 Å². The number of nitro groups is 1. The molecule has 0 saturated heterocycles. The van der Waals surface area contributed by atoms with Gasteiger partial charge in [-0.1, -0.05) is 18.5 Å². The van der Waals surface area contributed by atoms with Crippen molar-refractivity contribution in [1.29, 1.82) is 0 Å². The first-order valence-electron chi connectivity index (χ1n) is 4.72. The zero-order valence-electron chi connectivity index (χ0n) is 8.92. The van der Waals surface area contributed by atoms with Crippen molar-refractivity contribution in [2.24, 2.45) is 0 Å². The summed E-state index contributed by atoms with van der Waals surface area (Å²) in [6, 6.07) is 4.14. The quantitative estimate of drug-likeness (QED) is 0.507. The van der Waals surface area contributed by atoms with Crippen molar-refractivity contribution in [2.45, 2.75) is 23.5 Å². The molecule has 0 saturated carbocycles. The number of benzene rings is 1. The number of hydrogen-bond acceptors (Lipinski definition) is 4. The van der Waals surface area contributed by atoms with E-state index in [0.717, 1.165) is 0 Å². The number of nitro benzene ring substituents is 1. The molecule has 0 bridgehead atoms. The van der Waals surface area contributed by atoms with Crippen LogP contribution in [0.2, 0.25) is 5.02 Å². The summed E-state index contributed by atoms with van der Waals surface area (Å²) in [5.41, 5.74) is -0.0785. The third kappa shape index (κ3) is 4.24. The highest BCUT2D eigenvalue weighted by atomic mass is 35.5. The van der Waals surface area contributed by atoms with Gasteiger partial charge in [0.25, 0.3) is 5.69 Å². The number of rotatable bonds is 5. The van der Waals surface area contributed by atoms with Crippen molar-refractivity contribution in [2.75, 3.05) is 0 Å². The van der Waals surface area contributed by atoms with Gasteiger partial charge in [0, 0.05) is 22.3 Å². The predicted octanol–water partition coefficient (Wildman–Crippen LogP) is 3.20. The Kier molecular flexibility index (Phi) is 4.77. The zero-order valence-corrected chi connectivity index (χ0v) is 10.5. The van der Waals surface area contributed by atoms with E-state index in [2.05, 4.69) is 0 Å². The SMILES string of the molecule is CC(CC(=O)O)Sc1ccc([N+](=O)[O-])cc1Cl. The number of carboxylic acid groups (broad SMARTS) is 1. The molecular weight excluding hydrogens is 266 g/mol. The highest BCUT2D eigenvalue weighted by Gasteiger charge is 2.14. The van der Waals surface area contributed by atoms with E-state index in [0.29, 0.717) is 4.90 Å². The van der Waals surface area contributed by atoms with Gasteiger partial charge in [0.2, 0.25) is 0 Å². The van der Waals surface area contributed by atoms with Gasteiger partial charge in [0.1, 0.15) is 0 Å². The first-order chi connectivity index (χ1) is 7.90. The normalized spacial score (nSPS) is 12.1. The second kappa shape index (κ2) is 5.88. The highest BCUT2D eigenvalue weighted by molar-refractivity contribution is 8.00. The molecule has 0 fully saturated rings. The Morgan fingerprint density at radius 1 is 1.65 bits per heavy atom. The lowest BCUT2D eigenvalue weighted by Crippen LogP contribution is -2.05. The van der Waals surface area contributed by atoms with E-state index in [1.165, 1.54) is 30.0 Å². The summed E-state index contributed by atoms with van der Waals surface area (Å²) in [6.45, 7) is 1.76. The first kappa shape index (κ1) is 13.8. The van der Waals surface area contributed by atoms with Crippen LogP contribution >= 0.6 is 23.4 Å². The average Bonchev–Trinajstić information content (AvgIpc) is 2.19. The minimum atomic E-state index is -0.886. The molecule has 0 aromatic heterocycles. The van der Waals surface area contributed by atoms with E-state index in [9.17, 15) is 14.9 Å². The molecular formula is C10H10ClNO4S. The van der Waals surface area contributed by atoms with E-state index in [1.807, 2.05) is 0 Å². The third-order valence-electron chi connectivity index (χ3n) is 1.92. The highest BCUT2D eigenvalue weighted by Crippen LogP contribution is 2.33. The van der Waals surface area contributed by atoms with E-state index < -0.39 is 10.9 Å². The van der Waals surface area contributed by atoms with Crippen LogP contribution in [0.4, 0.5) is 5.69 Å². The zero-order chi connectivity index (χ0) is 13.0. The predicted molar refractivity (Wildman–Crippen MR) is 65.7 cm³/mol. The number of non-ortho nitro benzene ring substituents is 1. The fourth-order valence-corrected chi connectivity index (χ4v) is 2.49. The number of hydrogen-bond donors (Lipinski definition) is 1. The summed E-state index contributed by atoms with van der Waals surface area (Å²) in [7, 11) is 0. The molecule has 0 aliphatic rings. The van der Waals surface area contributed by atoms with Crippen molar-refractivity contribution in [1.82, 2.24) is 0 Å². The molecule has 0 heterocycles. The summed E-state index contributed by atoms with van der Waals surface area (Å²) in [6.07, 6.45) is 0.0119. The lowest BCUT2D eigenvalue weighted by molar-refractivity contribution is -0.384. The van der Waals surface area contributed by atoms with Crippen LogP contribution in [0.3, 0.4) is 0 Å². The fraction of sp³-hybridized carbons (Fsp3) is 0.300. The molecule has 1 aromatic rings. The molecule has 0 amide bonds. The molecule has 1 aromatic carbocycles. The molecule has 1 N–H and O–H groups in total. The Bertz CT molecular complexity index is 452. The van der Waals surface area contributed by atoms with Gasteiger partial charge in [-0.25, -0.2) is 0 Å². The maximum absolute atomic E-state index is 10.5. The number of halogens is 1. The lowest BCUT2D eigenvalue weighted by atomic mass is 10.3. The number of thioether (sulfide) groups is 1. The van der Waals surface area contributed by atoms with Crippen LogP contribution in [-0.4, -0.2) is 21.2 Å². The third-order valence-corrected chi connectivity index (χ3v) is 3.52. The summed E-state index contributed by atoms with van der Waals surface area (Å²) in [5.74, 6) is -0.886. The van der Waals surface area contributed by atoms with E-state index in [-0.39, 0.29) is 22.4 Å². The molecule has 0 aliphatic heterocycles. The smallest absolute Gasteiger partial charge is 0.304 e. The van der Waals surface area contributed by atoms with Gasteiger partial charge < -0.3 is 5.11 Å². The maximum Gasteiger partial charge on any atom is 0.304 e. The van der Waals surface area contributed by atoms with Crippen LogP contribution in [0.25, 0.3) is 0 Å². The van der Waals surface area contributed by atoms with Gasteiger partial charge in [-0.3, -0.25) is 14.9 Å². The molecule has 5 nitrogen and oxygen atoms in total. The molecule has 7 heteroatoms. The van der Waals surface area contributed by atoms with Crippen molar-refractivity contribution in [3.8, 4) is 0 Å². The van der Waals surface area contributed by atoms with Crippen LogP contribution in [-0.2, 0) is 4.79 Å². The monoisotopic (exact) mass is 275 g/mol. The second-order valence-corrected chi connectivity index (χ2v) is 5.29.